The van der Waals surface area contributed by atoms with Gasteiger partial charge in [0.25, 0.3) is 0 Å². The van der Waals surface area contributed by atoms with Crippen LogP contribution in [0.15, 0.2) is 53.0 Å². The molecule has 0 aliphatic carbocycles. The summed E-state index contributed by atoms with van der Waals surface area (Å²) in [5.74, 6) is 0.811. The first-order chi connectivity index (χ1) is 11.6. The minimum atomic E-state index is -0.518. The third kappa shape index (κ3) is 6.61. The molecule has 0 aromatic heterocycles. The van der Waals surface area contributed by atoms with Crippen LogP contribution in [0.1, 0.15) is 11.1 Å². The number of benzene rings is 2. The van der Waals surface area contributed by atoms with Gasteiger partial charge in [0.05, 0.1) is 26.4 Å². The van der Waals surface area contributed by atoms with E-state index < -0.39 is 6.10 Å². The molecule has 2 rings (SSSR count). The molecule has 0 spiro atoms. The summed E-state index contributed by atoms with van der Waals surface area (Å²) in [6.45, 7) is 2.13. The summed E-state index contributed by atoms with van der Waals surface area (Å²) in [6.07, 6.45) is -0.518. The van der Waals surface area contributed by atoms with Crippen LogP contribution in [-0.4, -0.2) is 43.4 Å². The van der Waals surface area contributed by atoms with Crippen LogP contribution in [0, 0.1) is 0 Å². The Morgan fingerprint density at radius 2 is 1.88 bits per heavy atom. The van der Waals surface area contributed by atoms with E-state index in [1.54, 1.807) is 7.11 Å². The number of methoxy groups -OCH3 is 1. The molecule has 0 bridgehead atoms. The molecule has 1 N–H and O–H groups in total. The maximum atomic E-state index is 10.1. The number of rotatable bonds is 9. The van der Waals surface area contributed by atoms with Gasteiger partial charge in [0.2, 0.25) is 0 Å². The second-order valence-electron chi connectivity index (χ2n) is 5.84. The molecule has 0 saturated carbocycles. The van der Waals surface area contributed by atoms with Gasteiger partial charge in [-0.2, -0.15) is 0 Å². The van der Waals surface area contributed by atoms with E-state index in [4.69, 9.17) is 9.47 Å². The van der Waals surface area contributed by atoms with Gasteiger partial charge in [-0.15, -0.1) is 0 Å². The predicted octanol–water partition coefficient (Wildman–Crippen LogP) is 3.47. The van der Waals surface area contributed by atoms with Gasteiger partial charge >= 0.3 is 0 Å². The van der Waals surface area contributed by atoms with Crippen molar-refractivity contribution in [2.45, 2.75) is 19.3 Å². The molecule has 4 nitrogen and oxygen atoms in total. The molecule has 2 aromatic rings. The maximum absolute atomic E-state index is 10.1. The normalized spacial score (nSPS) is 12.4. The zero-order valence-electron chi connectivity index (χ0n) is 14.1. The third-order valence-corrected chi connectivity index (χ3v) is 4.13. The molecule has 0 saturated heterocycles. The number of hydrogen-bond donors (Lipinski definition) is 1. The monoisotopic (exact) mass is 393 g/mol. The van der Waals surface area contributed by atoms with Gasteiger partial charge in [-0.3, -0.25) is 4.90 Å². The average Bonchev–Trinajstić information content (AvgIpc) is 2.57. The van der Waals surface area contributed by atoms with E-state index in [2.05, 4.69) is 33.0 Å². The van der Waals surface area contributed by atoms with Crippen molar-refractivity contribution in [3.8, 4) is 5.75 Å². The van der Waals surface area contributed by atoms with Gasteiger partial charge in [-0.05, 0) is 42.4 Å². The Labute approximate surface area is 152 Å². The summed E-state index contributed by atoms with van der Waals surface area (Å²) in [5, 5.41) is 10.1. The zero-order chi connectivity index (χ0) is 17.4. The van der Waals surface area contributed by atoms with Gasteiger partial charge in [-0.1, -0.05) is 40.2 Å². The number of likely N-dealkylation sites (N-methyl/N-ethyl adjacent to an activating group) is 1. The highest BCUT2D eigenvalue weighted by Gasteiger charge is 2.09. The second kappa shape index (κ2) is 9.79. The Bertz CT molecular complexity index is 618. The molecule has 0 radical (unpaired) electrons. The molecule has 1 atom stereocenters. The first kappa shape index (κ1) is 18.9. The van der Waals surface area contributed by atoms with Crippen LogP contribution in [0.4, 0.5) is 0 Å². The molecule has 0 aliphatic rings. The van der Waals surface area contributed by atoms with Gasteiger partial charge in [0.15, 0.2) is 0 Å². The lowest BCUT2D eigenvalue weighted by molar-refractivity contribution is 0.0127. The standard InChI is InChI=1S/C19H24BrNO3/c1-21(11-15-6-8-17(20)9-7-15)12-18(22)14-24-13-16-4-3-5-19(10-16)23-2/h3-10,18,22H,11-14H2,1-2H3. The minimum absolute atomic E-state index is 0.307. The molecule has 0 aliphatic heterocycles. The van der Waals surface area contributed by atoms with Crippen molar-refractivity contribution >= 4 is 15.9 Å². The topological polar surface area (TPSA) is 41.9 Å². The van der Waals surface area contributed by atoms with Crippen LogP contribution in [0.3, 0.4) is 0 Å². The van der Waals surface area contributed by atoms with E-state index in [9.17, 15) is 5.11 Å². The van der Waals surface area contributed by atoms with Gasteiger partial charge in [-0.25, -0.2) is 0 Å². The van der Waals surface area contributed by atoms with E-state index >= 15 is 0 Å². The molecule has 0 amide bonds. The quantitative estimate of drug-likeness (QED) is 0.707. The molecular weight excluding hydrogens is 370 g/mol. The third-order valence-electron chi connectivity index (χ3n) is 3.60. The highest BCUT2D eigenvalue weighted by molar-refractivity contribution is 9.10. The lowest BCUT2D eigenvalue weighted by Gasteiger charge is -2.20. The van der Waals surface area contributed by atoms with Gasteiger partial charge in [0.1, 0.15) is 5.75 Å². The smallest absolute Gasteiger partial charge is 0.119 e. The van der Waals surface area contributed by atoms with Crippen molar-refractivity contribution in [2.75, 3.05) is 27.3 Å². The number of ether oxygens (including phenoxy) is 2. The van der Waals surface area contributed by atoms with E-state index in [0.717, 1.165) is 22.3 Å². The van der Waals surface area contributed by atoms with Crippen molar-refractivity contribution in [1.29, 1.82) is 0 Å². The Hall–Kier alpha value is -1.40. The molecule has 1 unspecified atom stereocenters. The second-order valence-corrected chi connectivity index (χ2v) is 6.76. The Balaban J connectivity index is 1.70. The summed E-state index contributed by atoms with van der Waals surface area (Å²) < 4.78 is 11.9. The molecule has 24 heavy (non-hydrogen) atoms. The first-order valence-corrected chi connectivity index (χ1v) is 8.68. The zero-order valence-corrected chi connectivity index (χ0v) is 15.7. The minimum Gasteiger partial charge on any atom is -0.497 e. The molecule has 130 valence electrons. The highest BCUT2D eigenvalue weighted by Crippen LogP contribution is 2.14. The Morgan fingerprint density at radius 3 is 2.58 bits per heavy atom. The molecule has 0 fully saturated rings. The number of hydrogen-bond acceptors (Lipinski definition) is 4. The fourth-order valence-electron chi connectivity index (χ4n) is 2.45. The van der Waals surface area contributed by atoms with Crippen LogP contribution < -0.4 is 4.74 Å². The molecule has 0 heterocycles. The van der Waals surface area contributed by atoms with E-state index in [1.807, 2.05) is 43.4 Å². The first-order valence-electron chi connectivity index (χ1n) is 7.88. The molecular formula is C19H24BrNO3. The van der Waals surface area contributed by atoms with Crippen molar-refractivity contribution in [3.05, 3.63) is 64.1 Å². The predicted molar refractivity (Wildman–Crippen MR) is 99.1 cm³/mol. The van der Waals surface area contributed by atoms with E-state index in [0.29, 0.717) is 19.8 Å². The SMILES string of the molecule is COc1cccc(COCC(O)CN(C)Cc2ccc(Br)cc2)c1. The fourth-order valence-corrected chi connectivity index (χ4v) is 2.72. The summed E-state index contributed by atoms with van der Waals surface area (Å²) >= 11 is 3.43. The number of aliphatic hydroxyl groups excluding tert-OH is 1. The van der Waals surface area contributed by atoms with Crippen LogP contribution in [0.25, 0.3) is 0 Å². The van der Waals surface area contributed by atoms with Crippen molar-refractivity contribution in [3.63, 3.8) is 0 Å². The number of nitrogens with zero attached hydrogens (tertiary/aromatic N) is 1. The summed E-state index contributed by atoms with van der Waals surface area (Å²) in [6, 6.07) is 15.9. The number of halogens is 1. The number of aliphatic hydroxyl groups is 1. The Kier molecular flexibility index (Phi) is 7.72. The summed E-state index contributed by atoms with van der Waals surface area (Å²) in [7, 11) is 3.64. The fraction of sp³-hybridized carbons (Fsp3) is 0.368. The van der Waals surface area contributed by atoms with Crippen molar-refractivity contribution in [1.82, 2.24) is 4.90 Å². The van der Waals surface area contributed by atoms with Crippen molar-refractivity contribution in [2.24, 2.45) is 0 Å². The largest absolute Gasteiger partial charge is 0.497 e. The maximum Gasteiger partial charge on any atom is 0.119 e. The Morgan fingerprint density at radius 1 is 1.12 bits per heavy atom. The summed E-state index contributed by atoms with van der Waals surface area (Å²) in [5.41, 5.74) is 2.25. The average molecular weight is 394 g/mol. The van der Waals surface area contributed by atoms with Gasteiger partial charge < -0.3 is 14.6 Å². The van der Waals surface area contributed by atoms with E-state index in [-0.39, 0.29) is 0 Å². The van der Waals surface area contributed by atoms with Crippen LogP contribution in [0.5, 0.6) is 5.75 Å². The lowest BCUT2D eigenvalue weighted by atomic mass is 10.2. The molecule has 2 aromatic carbocycles. The highest BCUT2D eigenvalue weighted by atomic mass is 79.9. The van der Waals surface area contributed by atoms with Crippen LogP contribution in [-0.2, 0) is 17.9 Å². The van der Waals surface area contributed by atoms with Crippen molar-refractivity contribution < 1.29 is 14.6 Å². The van der Waals surface area contributed by atoms with Crippen LogP contribution >= 0.6 is 15.9 Å². The summed E-state index contributed by atoms with van der Waals surface area (Å²) in [4.78, 5) is 2.09. The lowest BCUT2D eigenvalue weighted by Crippen LogP contribution is -2.31. The van der Waals surface area contributed by atoms with Gasteiger partial charge in [0, 0.05) is 17.6 Å². The van der Waals surface area contributed by atoms with E-state index in [1.165, 1.54) is 5.56 Å². The molecule has 5 heteroatoms. The van der Waals surface area contributed by atoms with Crippen LogP contribution in [0.2, 0.25) is 0 Å².